The standard InChI is InChI=1S/C8H18O4S.C2H4O2/c1-3-5-7-11-13(9,10)12-8-6-4-2;1-2(3)4/h3-8H2,1-2H3;1H3,(H,3,4). The average molecular weight is 270 g/mol. The molecule has 0 saturated carbocycles. The maximum absolute atomic E-state index is 10.9. The second-order valence-electron chi connectivity index (χ2n) is 3.28. The van der Waals surface area contributed by atoms with E-state index in [0.29, 0.717) is 0 Å². The van der Waals surface area contributed by atoms with Crippen molar-refractivity contribution in [3.05, 3.63) is 0 Å². The van der Waals surface area contributed by atoms with Gasteiger partial charge in [0.05, 0.1) is 13.2 Å². The van der Waals surface area contributed by atoms with Crippen LogP contribution in [-0.4, -0.2) is 32.7 Å². The summed E-state index contributed by atoms with van der Waals surface area (Å²) in [7, 11) is -3.73. The molecule has 0 aliphatic heterocycles. The van der Waals surface area contributed by atoms with Gasteiger partial charge in [0.15, 0.2) is 0 Å². The molecule has 0 atom stereocenters. The van der Waals surface area contributed by atoms with E-state index in [1.54, 1.807) is 0 Å². The number of hydrogen-bond donors (Lipinski definition) is 1. The van der Waals surface area contributed by atoms with Crippen LogP contribution in [-0.2, 0) is 23.6 Å². The lowest BCUT2D eigenvalue weighted by Crippen LogP contribution is -2.11. The van der Waals surface area contributed by atoms with Crippen molar-refractivity contribution in [3.8, 4) is 0 Å². The molecule has 0 fully saturated rings. The van der Waals surface area contributed by atoms with Crippen molar-refractivity contribution in [2.24, 2.45) is 0 Å². The molecule has 0 unspecified atom stereocenters. The zero-order valence-corrected chi connectivity index (χ0v) is 11.5. The zero-order chi connectivity index (χ0) is 13.7. The van der Waals surface area contributed by atoms with E-state index in [-0.39, 0.29) is 13.2 Å². The summed E-state index contributed by atoms with van der Waals surface area (Å²) in [6, 6.07) is 0. The predicted molar refractivity (Wildman–Crippen MR) is 63.9 cm³/mol. The molecule has 6 nitrogen and oxygen atoms in total. The lowest BCUT2D eigenvalue weighted by atomic mass is 10.4. The second kappa shape index (κ2) is 11.8. The van der Waals surface area contributed by atoms with Gasteiger partial charge < -0.3 is 5.11 Å². The molecular formula is C10H22O6S. The minimum atomic E-state index is -3.73. The number of carboxylic acid groups (broad SMARTS) is 1. The Hall–Kier alpha value is -0.660. The third-order valence-corrected chi connectivity index (χ3v) is 2.36. The van der Waals surface area contributed by atoms with Crippen molar-refractivity contribution in [1.82, 2.24) is 0 Å². The molecule has 0 amide bonds. The van der Waals surface area contributed by atoms with E-state index in [1.807, 2.05) is 13.8 Å². The van der Waals surface area contributed by atoms with Crippen molar-refractivity contribution >= 4 is 16.4 Å². The van der Waals surface area contributed by atoms with E-state index in [0.717, 1.165) is 32.6 Å². The van der Waals surface area contributed by atoms with Crippen molar-refractivity contribution in [1.29, 1.82) is 0 Å². The highest BCUT2D eigenvalue weighted by atomic mass is 32.3. The van der Waals surface area contributed by atoms with Gasteiger partial charge in [0.1, 0.15) is 0 Å². The van der Waals surface area contributed by atoms with Crippen LogP contribution >= 0.6 is 0 Å². The minimum Gasteiger partial charge on any atom is -0.481 e. The van der Waals surface area contributed by atoms with Crippen molar-refractivity contribution in [2.75, 3.05) is 13.2 Å². The molecule has 0 radical (unpaired) electrons. The van der Waals surface area contributed by atoms with E-state index >= 15 is 0 Å². The molecule has 0 aromatic rings. The highest BCUT2D eigenvalue weighted by Gasteiger charge is 2.10. The first-order chi connectivity index (χ1) is 7.85. The molecule has 0 spiro atoms. The first-order valence-corrected chi connectivity index (χ1v) is 6.92. The van der Waals surface area contributed by atoms with Gasteiger partial charge in [-0.1, -0.05) is 26.7 Å². The first kappa shape index (κ1) is 18.7. The van der Waals surface area contributed by atoms with Crippen LogP contribution in [0, 0.1) is 0 Å². The number of unbranched alkanes of at least 4 members (excludes halogenated alkanes) is 2. The van der Waals surface area contributed by atoms with E-state index in [1.165, 1.54) is 0 Å². The molecule has 104 valence electrons. The van der Waals surface area contributed by atoms with Gasteiger partial charge >= 0.3 is 10.4 Å². The Bertz CT molecular complexity index is 253. The summed E-state index contributed by atoms with van der Waals surface area (Å²) in [6.07, 6.45) is 3.28. The van der Waals surface area contributed by atoms with Crippen LogP contribution in [0.5, 0.6) is 0 Å². The summed E-state index contributed by atoms with van der Waals surface area (Å²) >= 11 is 0. The predicted octanol–water partition coefficient (Wildman–Crippen LogP) is 1.96. The number of rotatable bonds is 8. The summed E-state index contributed by atoms with van der Waals surface area (Å²) < 4.78 is 31.0. The normalized spacial score (nSPS) is 10.5. The summed E-state index contributed by atoms with van der Waals surface area (Å²) in [6.45, 7) is 5.44. The van der Waals surface area contributed by atoms with Crippen LogP contribution in [0.25, 0.3) is 0 Å². The molecule has 0 bridgehead atoms. The fourth-order valence-corrected chi connectivity index (χ4v) is 1.36. The van der Waals surface area contributed by atoms with E-state index < -0.39 is 16.4 Å². The Balaban J connectivity index is 0. The highest BCUT2D eigenvalue weighted by Crippen LogP contribution is 2.00. The summed E-state index contributed by atoms with van der Waals surface area (Å²) in [4.78, 5) is 9.00. The minimum absolute atomic E-state index is 0.213. The molecule has 0 aliphatic rings. The Labute approximate surface area is 103 Å². The SMILES string of the molecule is CC(=O)O.CCCCOS(=O)(=O)OCCCC. The van der Waals surface area contributed by atoms with Gasteiger partial charge in [-0.05, 0) is 12.8 Å². The molecule has 0 saturated heterocycles. The van der Waals surface area contributed by atoms with E-state index in [2.05, 4.69) is 8.37 Å². The maximum atomic E-state index is 10.9. The van der Waals surface area contributed by atoms with Crippen molar-refractivity contribution in [3.63, 3.8) is 0 Å². The molecule has 0 aliphatic carbocycles. The second-order valence-corrected chi connectivity index (χ2v) is 4.57. The van der Waals surface area contributed by atoms with Crippen LogP contribution in [0.2, 0.25) is 0 Å². The number of carbonyl (C=O) groups is 1. The Morgan fingerprint density at radius 1 is 1.06 bits per heavy atom. The van der Waals surface area contributed by atoms with Gasteiger partial charge in [-0.3, -0.25) is 4.79 Å². The summed E-state index contributed by atoms with van der Waals surface area (Å²) in [5, 5.41) is 7.42. The van der Waals surface area contributed by atoms with Crippen LogP contribution < -0.4 is 0 Å². The summed E-state index contributed by atoms with van der Waals surface area (Å²) in [5.74, 6) is -0.833. The molecule has 0 aromatic carbocycles. The first-order valence-electron chi connectivity index (χ1n) is 5.59. The fraction of sp³-hybridized carbons (Fsp3) is 0.900. The number of aliphatic carboxylic acids is 1. The largest absolute Gasteiger partial charge is 0.481 e. The molecule has 1 N–H and O–H groups in total. The highest BCUT2D eigenvalue weighted by molar-refractivity contribution is 7.81. The van der Waals surface area contributed by atoms with Gasteiger partial charge in [0, 0.05) is 6.92 Å². The Morgan fingerprint density at radius 2 is 1.35 bits per heavy atom. The molecule has 7 heteroatoms. The molecular weight excluding hydrogens is 248 g/mol. The smallest absolute Gasteiger partial charge is 0.399 e. The molecule has 17 heavy (non-hydrogen) atoms. The summed E-state index contributed by atoms with van der Waals surface area (Å²) in [5.41, 5.74) is 0. The van der Waals surface area contributed by atoms with Crippen LogP contribution in [0.3, 0.4) is 0 Å². The van der Waals surface area contributed by atoms with E-state index in [9.17, 15) is 8.42 Å². The van der Waals surface area contributed by atoms with Gasteiger partial charge in [-0.15, -0.1) is 0 Å². The Kier molecular flexibility index (Phi) is 13.0. The number of carboxylic acids is 1. The third-order valence-electron chi connectivity index (χ3n) is 1.45. The quantitative estimate of drug-likeness (QED) is 0.678. The lowest BCUT2D eigenvalue weighted by Gasteiger charge is -2.04. The third kappa shape index (κ3) is 21.2. The molecule has 0 rings (SSSR count). The van der Waals surface area contributed by atoms with Gasteiger partial charge in [-0.25, -0.2) is 8.37 Å². The lowest BCUT2D eigenvalue weighted by molar-refractivity contribution is -0.134. The molecule has 0 heterocycles. The molecule has 0 aromatic heterocycles. The topological polar surface area (TPSA) is 89.9 Å². The van der Waals surface area contributed by atoms with E-state index in [4.69, 9.17) is 9.90 Å². The average Bonchev–Trinajstić information content (AvgIpc) is 2.17. The van der Waals surface area contributed by atoms with Crippen LogP contribution in [0.4, 0.5) is 0 Å². The monoisotopic (exact) mass is 270 g/mol. The van der Waals surface area contributed by atoms with Gasteiger partial charge in [-0.2, -0.15) is 8.42 Å². The fourth-order valence-electron chi connectivity index (χ4n) is 0.645. The zero-order valence-electron chi connectivity index (χ0n) is 10.6. The number of hydrogen-bond acceptors (Lipinski definition) is 5. The Morgan fingerprint density at radius 3 is 1.59 bits per heavy atom. The van der Waals surface area contributed by atoms with Gasteiger partial charge in [0.25, 0.3) is 5.97 Å². The van der Waals surface area contributed by atoms with Crippen molar-refractivity contribution < 1.29 is 26.7 Å². The van der Waals surface area contributed by atoms with Gasteiger partial charge in [0.2, 0.25) is 0 Å². The van der Waals surface area contributed by atoms with Crippen molar-refractivity contribution in [2.45, 2.75) is 46.5 Å². The van der Waals surface area contributed by atoms with Crippen LogP contribution in [0.1, 0.15) is 46.5 Å². The maximum Gasteiger partial charge on any atom is 0.399 e. The van der Waals surface area contributed by atoms with Crippen LogP contribution in [0.15, 0.2) is 0 Å².